The van der Waals surface area contributed by atoms with Crippen molar-refractivity contribution in [3.8, 4) is 0 Å². The Morgan fingerprint density at radius 1 is 1.21 bits per heavy atom. The fourth-order valence-electron chi connectivity index (χ4n) is 3.94. The normalized spacial score (nSPS) is 17.9. The highest BCUT2D eigenvalue weighted by Crippen LogP contribution is 2.34. The number of hydrogen-bond acceptors (Lipinski definition) is 2. The van der Waals surface area contributed by atoms with Gasteiger partial charge in [-0.15, -0.1) is 0 Å². The van der Waals surface area contributed by atoms with Crippen molar-refractivity contribution in [3.63, 3.8) is 0 Å². The van der Waals surface area contributed by atoms with Gasteiger partial charge in [-0.1, -0.05) is 17.7 Å². The molecule has 0 amide bonds. The summed E-state index contributed by atoms with van der Waals surface area (Å²) in [5.41, 5.74) is 3.65. The van der Waals surface area contributed by atoms with E-state index in [1.807, 2.05) is 18.2 Å². The number of likely N-dealkylation sites (N-methyl/N-ethyl adjacent to an activating group) is 1. The minimum atomic E-state index is -4.41. The molecule has 148 valence electrons. The molecule has 7 heteroatoms. The van der Waals surface area contributed by atoms with Gasteiger partial charge >= 0.3 is 6.18 Å². The number of rotatable bonds is 3. The first kappa shape index (κ1) is 19.3. The van der Waals surface area contributed by atoms with Crippen molar-refractivity contribution < 1.29 is 13.2 Å². The molecular weight excluding hydrogens is 387 g/mol. The molecule has 0 bridgehead atoms. The third-order valence-electron chi connectivity index (χ3n) is 5.64. The zero-order valence-electron chi connectivity index (χ0n) is 15.7. The number of pyridine rings is 1. The topological polar surface area (TPSA) is 21.1 Å². The highest BCUT2D eigenvalue weighted by atomic mass is 35.5. The molecule has 0 N–H and O–H groups in total. The zero-order chi connectivity index (χ0) is 20.1. The van der Waals surface area contributed by atoms with Crippen LogP contribution in [-0.4, -0.2) is 27.5 Å². The second kappa shape index (κ2) is 7.08. The van der Waals surface area contributed by atoms with E-state index in [2.05, 4.69) is 28.4 Å². The minimum Gasteiger partial charge on any atom is -0.344 e. The summed E-state index contributed by atoms with van der Waals surface area (Å²) in [4.78, 5) is 5.90. The zero-order valence-corrected chi connectivity index (χ0v) is 16.5. The van der Waals surface area contributed by atoms with Gasteiger partial charge in [-0.25, -0.2) is 0 Å². The Labute approximate surface area is 166 Å². The number of alkyl halides is 3. The van der Waals surface area contributed by atoms with Crippen LogP contribution in [0.25, 0.3) is 10.9 Å². The number of hydrogen-bond donors (Lipinski definition) is 0. The molecule has 3 aromatic rings. The van der Waals surface area contributed by atoms with Crippen molar-refractivity contribution >= 4 is 22.5 Å². The maximum Gasteiger partial charge on any atom is 0.433 e. The van der Waals surface area contributed by atoms with Crippen LogP contribution in [0.15, 0.2) is 36.5 Å². The molecule has 1 unspecified atom stereocenters. The summed E-state index contributed by atoms with van der Waals surface area (Å²) in [6, 6.07) is 8.93. The third kappa shape index (κ3) is 3.51. The van der Waals surface area contributed by atoms with Gasteiger partial charge in [0.15, 0.2) is 0 Å². The quantitative estimate of drug-likeness (QED) is 0.585. The molecule has 3 heterocycles. The first-order chi connectivity index (χ1) is 13.2. The van der Waals surface area contributed by atoms with Crippen LogP contribution < -0.4 is 0 Å². The van der Waals surface area contributed by atoms with E-state index in [0.717, 1.165) is 35.5 Å². The van der Waals surface area contributed by atoms with Crippen LogP contribution in [0.5, 0.6) is 0 Å². The highest BCUT2D eigenvalue weighted by Gasteiger charge is 2.32. The number of aromatic nitrogens is 2. The Morgan fingerprint density at radius 2 is 2.00 bits per heavy atom. The van der Waals surface area contributed by atoms with Gasteiger partial charge in [0.1, 0.15) is 5.69 Å². The lowest BCUT2D eigenvalue weighted by Crippen LogP contribution is -2.35. The second-order valence-electron chi connectivity index (χ2n) is 7.51. The molecular formula is C21H21ClF3N3. The number of aryl methyl sites for hydroxylation is 2. The first-order valence-electron chi connectivity index (χ1n) is 9.26. The first-order valence-corrected chi connectivity index (χ1v) is 9.63. The van der Waals surface area contributed by atoms with Crippen LogP contribution in [0, 0.1) is 0 Å². The van der Waals surface area contributed by atoms with Crippen molar-refractivity contribution in [2.45, 2.75) is 45.1 Å². The van der Waals surface area contributed by atoms with Crippen LogP contribution in [0.1, 0.15) is 29.4 Å². The molecule has 0 fully saturated rings. The number of benzene rings is 1. The predicted octanol–water partition coefficient (Wildman–Crippen LogP) is 5.33. The van der Waals surface area contributed by atoms with Crippen LogP contribution in [0.2, 0.25) is 5.02 Å². The van der Waals surface area contributed by atoms with Crippen molar-refractivity contribution in [2.75, 3.05) is 7.05 Å². The van der Waals surface area contributed by atoms with Gasteiger partial charge in [-0.2, -0.15) is 13.2 Å². The summed E-state index contributed by atoms with van der Waals surface area (Å²) in [5, 5.41) is 1.87. The molecule has 2 aromatic heterocycles. The average molecular weight is 408 g/mol. The van der Waals surface area contributed by atoms with Crippen molar-refractivity contribution in [1.29, 1.82) is 0 Å². The molecule has 1 aliphatic rings. The second-order valence-corrected chi connectivity index (χ2v) is 7.94. The summed E-state index contributed by atoms with van der Waals surface area (Å²) in [6.45, 7) is 3.76. The Balaban J connectivity index is 1.66. The molecule has 0 spiro atoms. The lowest BCUT2D eigenvalue weighted by Gasteiger charge is -2.31. The van der Waals surface area contributed by atoms with Crippen molar-refractivity contribution in [3.05, 3.63) is 64.1 Å². The summed E-state index contributed by atoms with van der Waals surface area (Å²) in [5.74, 6) is 0. The molecule has 1 aromatic carbocycles. The summed E-state index contributed by atoms with van der Waals surface area (Å²) in [6.07, 6.45) is -1.53. The van der Waals surface area contributed by atoms with Gasteiger partial charge in [0.25, 0.3) is 0 Å². The van der Waals surface area contributed by atoms with Gasteiger partial charge in [-0.05, 0) is 55.8 Å². The minimum absolute atomic E-state index is 0.429. The van der Waals surface area contributed by atoms with Crippen LogP contribution in [0.4, 0.5) is 13.2 Å². The van der Waals surface area contributed by atoms with E-state index in [9.17, 15) is 13.2 Å². The van der Waals surface area contributed by atoms with E-state index in [1.54, 1.807) is 0 Å². The molecule has 0 saturated heterocycles. The highest BCUT2D eigenvalue weighted by molar-refractivity contribution is 6.31. The molecule has 0 saturated carbocycles. The Kier molecular flexibility index (Phi) is 4.88. The predicted molar refractivity (Wildman–Crippen MR) is 105 cm³/mol. The van der Waals surface area contributed by atoms with E-state index >= 15 is 0 Å². The van der Waals surface area contributed by atoms with E-state index in [1.165, 1.54) is 23.5 Å². The largest absolute Gasteiger partial charge is 0.433 e. The Bertz CT molecular complexity index is 1010. The molecule has 1 aliphatic heterocycles. The maximum atomic E-state index is 12.7. The number of nitrogens with zero attached hydrogens (tertiary/aromatic N) is 3. The van der Waals surface area contributed by atoms with E-state index in [0.29, 0.717) is 24.0 Å². The van der Waals surface area contributed by atoms with E-state index in [4.69, 9.17) is 11.6 Å². The lowest BCUT2D eigenvalue weighted by molar-refractivity contribution is -0.141. The maximum absolute atomic E-state index is 12.7. The standard InChI is InChI=1S/C21H21ClF3N3/c1-13-9-19-17(12-27(13)2)16-10-15(22)4-5-18(16)28(19)8-7-14-3-6-20(26-11-14)21(23,24)25/h3-6,10-11,13H,7-9,12H2,1-2H3. The molecule has 28 heavy (non-hydrogen) atoms. The lowest BCUT2D eigenvalue weighted by atomic mass is 10.00. The van der Waals surface area contributed by atoms with E-state index in [-0.39, 0.29) is 0 Å². The van der Waals surface area contributed by atoms with Gasteiger partial charge in [-0.3, -0.25) is 9.88 Å². The summed E-state index contributed by atoms with van der Waals surface area (Å²) in [7, 11) is 2.12. The van der Waals surface area contributed by atoms with Crippen molar-refractivity contribution in [1.82, 2.24) is 14.5 Å². The molecule has 0 aliphatic carbocycles. The molecule has 0 radical (unpaired) electrons. The van der Waals surface area contributed by atoms with Gasteiger partial charge in [0.05, 0.1) is 0 Å². The van der Waals surface area contributed by atoms with Crippen LogP contribution >= 0.6 is 11.6 Å². The number of halogens is 4. The Hall–Kier alpha value is -2.05. The molecule has 3 nitrogen and oxygen atoms in total. The summed E-state index contributed by atoms with van der Waals surface area (Å²) < 4.78 is 40.4. The third-order valence-corrected chi connectivity index (χ3v) is 5.87. The van der Waals surface area contributed by atoms with Crippen LogP contribution in [-0.2, 0) is 32.1 Å². The van der Waals surface area contributed by atoms with Crippen LogP contribution in [0.3, 0.4) is 0 Å². The van der Waals surface area contributed by atoms with Crippen molar-refractivity contribution in [2.24, 2.45) is 0 Å². The van der Waals surface area contributed by atoms with Gasteiger partial charge in [0.2, 0.25) is 0 Å². The Morgan fingerprint density at radius 3 is 2.68 bits per heavy atom. The number of fused-ring (bicyclic) bond motifs is 3. The van der Waals surface area contributed by atoms with E-state index < -0.39 is 11.9 Å². The van der Waals surface area contributed by atoms with Gasteiger partial charge < -0.3 is 4.57 Å². The monoisotopic (exact) mass is 407 g/mol. The fourth-order valence-corrected chi connectivity index (χ4v) is 4.11. The van der Waals surface area contributed by atoms with Gasteiger partial charge in [0, 0.05) is 53.4 Å². The summed E-state index contributed by atoms with van der Waals surface area (Å²) >= 11 is 6.24. The fraction of sp³-hybridized carbons (Fsp3) is 0.381. The average Bonchev–Trinajstić information content (AvgIpc) is 2.92. The molecule has 4 rings (SSSR count). The smallest absolute Gasteiger partial charge is 0.344 e. The molecule has 1 atom stereocenters. The SMILES string of the molecule is CC1Cc2c(c3cc(Cl)ccc3n2CCc2ccc(C(F)(F)F)nc2)CN1C.